The van der Waals surface area contributed by atoms with Gasteiger partial charge in [-0.05, 0) is 18.4 Å². The van der Waals surface area contributed by atoms with Crippen molar-refractivity contribution in [3.05, 3.63) is 35.4 Å². The fraction of sp³-hybridized carbons (Fsp3) is 0.385. The maximum Gasteiger partial charge on any atom is 0.223 e. The fourth-order valence-electron chi connectivity index (χ4n) is 2.29. The first kappa shape index (κ1) is 12.0. The van der Waals surface area contributed by atoms with Gasteiger partial charge in [-0.15, -0.1) is 0 Å². The molecule has 1 aromatic rings. The van der Waals surface area contributed by atoms with Crippen LogP contribution in [0.2, 0.25) is 0 Å². The maximum atomic E-state index is 12.3. The van der Waals surface area contributed by atoms with Crippen molar-refractivity contribution in [3.8, 4) is 0 Å². The highest BCUT2D eigenvalue weighted by Gasteiger charge is 2.49. The Morgan fingerprint density at radius 1 is 1.47 bits per heavy atom. The van der Waals surface area contributed by atoms with Crippen LogP contribution in [-0.4, -0.2) is 22.4 Å². The van der Waals surface area contributed by atoms with Crippen LogP contribution in [-0.2, 0) is 16.1 Å². The predicted octanol–water partition coefficient (Wildman–Crippen LogP) is 2.02. The van der Waals surface area contributed by atoms with Gasteiger partial charge in [0.15, 0.2) is 5.78 Å². The SMILES string of the molecule is CCC(=O)C1(OO)CCc2ccccc2C1=O. The van der Waals surface area contributed by atoms with Gasteiger partial charge in [0.05, 0.1) is 0 Å². The van der Waals surface area contributed by atoms with Gasteiger partial charge in [0.25, 0.3) is 0 Å². The first-order valence-corrected chi connectivity index (χ1v) is 5.64. The minimum Gasteiger partial charge on any atom is -0.296 e. The zero-order chi connectivity index (χ0) is 12.5. The molecule has 0 aliphatic heterocycles. The second kappa shape index (κ2) is 4.39. The van der Waals surface area contributed by atoms with Crippen molar-refractivity contribution >= 4 is 11.6 Å². The summed E-state index contributed by atoms with van der Waals surface area (Å²) in [5.74, 6) is -0.812. The standard InChI is InChI=1S/C13H14O4/c1-2-11(14)13(17-16)8-7-9-5-3-4-6-10(9)12(13)15/h3-6,16H,2,7-8H2,1H3. The van der Waals surface area contributed by atoms with Gasteiger partial charge in [0.1, 0.15) is 0 Å². The van der Waals surface area contributed by atoms with Crippen molar-refractivity contribution < 1.29 is 19.7 Å². The van der Waals surface area contributed by atoms with E-state index < -0.39 is 11.4 Å². The Morgan fingerprint density at radius 3 is 2.82 bits per heavy atom. The summed E-state index contributed by atoms with van der Waals surface area (Å²) in [6.07, 6.45) is 0.911. The third-order valence-corrected chi connectivity index (χ3v) is 3.30. The van der Waals surface area contributed by atoms with E-state index in [1.54, 1.807) is 19.1 Å². The van der Waals surface area contributed by atoms with E-state index in [2.05, 4.69) is 4.89 Å². The Bertz CT molecular complexity index is 466. The summed E-state index contributed by atoms with van der Waals surface area (Å²) < 4.78 is 0. The monoisotopic (exact) mass is 234 g/mol. The molecule has 0 bridgehead atoms. The van der Waals surface area contributed by atoms with E-state index in [-0.39, 0.29) is 18.6 Å². The molecular weight excluding hydrogens is 220 g/mol. The summed E-state index contributed by atoms with van der Waals surface area (Å²) in [4.78, 5) is 28.4. The topological polar surface area (TPSA) is 63.6 Å². The maximum absolute atomic E-state index is 12.3. The number of ketones is 2. The van der Waals surface area contributed by atoms with E-state index in [1.165, 1.54) is 0 Å². The average Bonchev–Trinajstić information content (AvgIpc) is 2.39. The molecule has 2 rings (SSSR count). The molecule has 4 nitrogen and oxygen atoms in total. The Hall–Kier alpha value is -1.52. The molecule has 0 saturated carbocycles. The number of hydrogen-bond acceptors (Lipinski definition) is 4. The van der Waals surface area contributed by atoms with Crippen LogP contribution in [0, 0.1) is 0 Å². The Morgan fingerprint density at radius 2 is 2.18 bits per heavy atom. The van der Waals surface area contributed by atoms with Crippen molar-refractivity contribution in [3.63, 3.8) is 0 Å². The molecule has 0 radical (unpaired) electrons. The highest BCUT2D eigenvalue weighted by atomic mass is 17.1. The number of carbonyl (C=O) groups is 2. The summed E-state index contributed by atoms with van der Waals surface area (Å²) >= 11 is 0. The van der Waals surface area contributed by atoms with E-state index in [0.29, 0.717) is 12.0 Å². The summed E-state index contributed by atoms with van der Waals surface area (Å²) in [5, 5.41) is 9.00. The molecule has 0 amide bonds. The number of Topliss-reactive ketones (excluding diaryl/α,β-unsaturated/α-hetero) is 2. The van der Waals surface area contributed by atoms with Gasteiger partial charge in [-0.1, -0.05) is 31.2 Å². The molecule has 0 spiro atoms. The molecule has 1 atom stereocenters. The normalized spacial score (nSPS) is 23.3. The van der Waals surface area contributed by atoms with Crippen LogP contribution >= 0.6 is 0 Å². The van der Waals surface area contributed by atoms with Gasteiger partial charge < -0.3 is 0 Å². The minimum atomic E-state index is -1.69. The molecule has 17 heavy (non-hydrogen) atoms. The molecule has 0 saturated heterocycles. The highest BCUT2D eigenvalue weighted by Crippen LogP contribution is 2.32. The Labute approximate surface area is 99.1 Å². The molecule has 0 fully saturated rings. The van der Waals surface area contributed by atoms with E-state index in [0.717, 1.165) is 5.56 Å². The van der Waals surface area contributed by atoms with Crippen molar-refractivity contribution in [2.45, 2.75) is 31.8 Å². The van der Waals surface area contributed by atoms with Crippen LogP contribution in [0.25, 0.3) is 0 Å². The minimum absolute atomic E-state index is 0.161. The third kappa shape index (κ3) is 1.69. The number of hydrogen-bond donors (Lipinski definition) is 1. The number of carbonyl (C=O) groups excluding carboxylic acids is 2. The first-order chi connectivity index (χ1) is 8.15. The molecular formula is C13H14O4. The fourth-order valence-corrected chi connectivity index (χ4v) is 2.29. The lowest BCUT2D eigenvalue weighted by Crippen LogP contribution is -2.51. The lowest BCUT2D eigenvalue weighted by atomic mass is 9.76. The second-order valence-corrected chi connectivity index (χ2v) is 4.18. The molecule has 1 aliphatic rings. The van der Waals surface area contributed by atoms with Crippen LogP contribution in [0.4, 0.5) is 0 Å². The third-order valence-electron chi connectivity index (χ3n) is 3.30. The van der Waals surface area contributed by atoms with E-state index in [4.69, 9.17) is 5.26 Å². The largest absolute Gasteiger partial charge is 0.296 e. The molecule has 1 aromatic carbocycles. The van der Waals surface area contributed by atoms with Crippen molar-refractivity contribution in [1.82, 2.24) is 0 Å². The number of rotatable bonds is 3. The average molecular weight is 234 g/mol. The molecule has 1 unspecified atom stereocenters. The van der Waals surface area contributed by atoms with E-state index >= 15 is 0 Å². The molecule has 4 heteroatoms. The van der Waals surface area contributed by atoms with Gasteiger partial charge in [-0.2, -0.15) is 0 Å². The molecule has 0 aromatic heterocycles. The van der Waals surface area contributed by atoms with Crippen molar-refractivity contribution in [2.24, 2.45) is 0 Å². The Kier molecular flexibility index (Phi) is 3.09. The van der Waals surface area contributed by atoms with Gasteiger partial charge >= 0.3 is 0 Å². The molecule has 1 N–H and O–H groups in total. The van der Waals surface area contributed by atoms with Gasteiger partial charge in [-0.25, -0.2) is 4.89 Å². The lowest BCUT2D eigenvalue weighted by Gasteiger charge is -2.31. The predicted molar refractivity (Wildman–Crippen MR) is 60.8 cm³/mol. The van der Waals surface area contributed by atoms with Crippen LogP contribution in [0.15, 0.2) is 24.3 Å². The zero-order valence-corrected chi connectivity index (χ0v) is 9.60. The molecule has 1 aliphatic carbocycles. The van der Waals surface area contributed by atoms with Gasteiger partial charge in [-0.3, -0.25) is 14.8 Å². The van der Waals surface area contributed by atoms with Gasteiger partial charge in [0.2, 0.25) is 11.4 Å². The van der Waals surface area contributed by atoms with Gasteiger partial charge in [0, 0.05) is 12.0 Å². The van der Waals surface area contributed by atoms with E-state index in [1.807, 2.05) is 12.1 Å². The summed E-state index contributed by atoms with van der Waals surface area (Å²) in [7, 11) is 0. The summed E-state index contributed by atoms with van der Waals surface area (Å²) in [5.41, 5.74) is -0.327. The lowest BCUT2D eigenvalue weighted by molar-refractivity contribution is -0.296. The van der Waals surface area contributed by atoms with Crippen LogP contribution < -0.4 is 0 Å². The summed E-state index contributed by atoms with van der Waals surface area (Å²) in [6, 6.07) is 7.10. The first-order valence-electron chi connectivity index (χ1n) is 5.64. The quantitative estimate of drug-likeness (QED) is 0.493. The number of benzene rings is 1. The van der Waals surface area contributed by atoms with Crippen LogP contribution in [0.3, 0.4) is 0 Å². The molecule has 0 heterocycles. The number of aryl methyl sites for hydroxylation is 1. The van der Waals surface area contributed by atoms with Crippen LogP contribution in [0.5, 0.6) is 0 Å². The number of fused-ring (bicyclic) bond motifs is 1. The zero-order valence-electron chi connectivity index (χ0n) is 9.60. The smallest absolute Gasteiger partial charge is 0.223 e. The molecule has 90 valence electrons. The highest BCUT2D eigenvalue weighted by molar-refractivity contribution is 6.18. The van der Waals surface area contributed by atoms with Crippen molar-refractivity contribution in [2.75, 3.05) is 0 Å². The van der Waals surface area contributed by atoms with Crippen molar-refractivity contribution in [1.29, 1.82) is 0 Å². The van der Waals surface area contributed by atoms with Crippen LogP contribution in [0.1, 0.15) is 35.7 Å². The Balaban J connectivity index is 2.49. The second-order valence-electron chi connectivity index (χ2n) is 4.18. The van der Waals surface area contributed by atoms with E-state index in [9.17, 15) is 9.59 Å². The summed E-state index contributed by atoms with van der Waals surface area (Å²) in [6.45, 7) is 1.65.